The van der Waals surface area contributed by atoms with Crippen molar-refractivity contribution < 1.29 is 9.53 Å². The fourth-order valence-electron chi connectivity index (χ4n) is 3.67. The van der Waals surface area contributed by atoms with Crippen molar-refractivity contribution in [3.8, 4) is 0 Å². The predicted octanol–water partition coefficient (Wildman–Crippen LogP) is 3.42. The Morgan fingerprint density at radius 1 is 1.06 bits per heavy atom. The SMILES string of the molecule is CCOC(=O)C1=C(C)N=c2sc(=Cc3ccc(C)cc3)c(=O)n2[C@@H]1c1ccc(C)cc1. The normalized spacial score (nSPS) is 16.1. The third kappa shape index (κ3) is 4.03. The lowest BCUT2D eigenvalue weighted by molar-refractivity contribution is -0.139. The molecule has 0 saturated heterocycles. The first-order valence-electron chi connectivity index (χ1n) is 10.2. The second-order valence-corrected chi connectivity index (χ2v) is 8.63. The number of carbonyl (C=O) groups excluding carboxylic acids is 1. The Labute approximate surface area is 184 Å². The number of rotatable bonds is 4. The van der Waals surface area contributed by atoms with E-state index in [1.165, 1.54) is 11.3 Å². The second kappa shape index (κ2) is 8.47. The van der Waals surface area contributed by atoms with Gasteiger partial charge in [0.05, 0.1) is 28.5 Å². The average molecular weight is 433 g/mol. The summed E-state index contributed by atoms with van der Waals surface area (Å²) in [7, 11) is 0. The molecule has 0 N–H and O–H groups in total. The first-order valence-corrected chi connectivity index (χ1v) is 11.0. The highest BCUT2D eigenvalue weighted by atomic mass is 32.1. The summed E-state index contributed by atoms with van der Waals surface area (Å²) in [5, 5.41) is 0. The van der Waals surface area contributed by atoms with Gasteiger partial charge in [0.1, 0.15) is 0 Å². The molecule has 0 bridgehead atoms. The summed E-state index contributed by atoms with van der Waals surface area (Å²) < 4.78 is 7.52. The number of ether oxygens (including phenoxy) is 1. The molecule has 4 rings (SSSR count). The zero-order valence-corrected chi connectivity index (χ0v) is 18.8. The van der Waals surface area contributed by atoms with Crippen LogP contribution in [0.2, 0.25) is 0 Å². The molecule has 6 heteroatoms. The minimum atomic E-state index is -0.573. The highest BCUT2D eigenvalue weighted by Gasteiger charge is 2.33. The van der Waals surface area contributed by atoms with Crippen molar-refractivity contribution in [3.63, 3.8) is 0 Å². The summed E-state index contributed by atoms with van der Waals surface area (Å²) in [6, 6.07) is 15.3. The number of allylic oxidation sites excluding steroid dienone is 1. The molecule has 1 aliphatic heterocycles. The van der Waals surface area contributed by atoms with Crippen LogP contribution in [-0.4, -0.2) is 17.1 Å². The molecule has 1 atom stereocenters. The molecule has 158 valence electrons. The van der Waals surface area contributed by atoms with E-state index in [-0.39, 0.29) is 12.2 Å². The fraction of sp³-hybridized carbons (Fsp3) is 0.240. The smallest absolute Gasteiger partial charge is 0.338 e. The van der Waals surface area contributed by atoms with Crippen molar-refractivity contribution in [1.82, 2.24) is 4.57 Å². The molecular formula is C25H24N2O3S. The van der Waals surface area contributed by atoms with Gasteiger partial charge >= 0.3 is 5.97 Å². The van der Waals surface area contributed by atoms with Gasteiger partial charge in [-0.2, -0.15) is 0 Å². The lowest BCUT2D eigenvalue weighted by atomic mass is 9.95. The van der Waals surface area contributed by atoms with Crippen LogP contribution in [0.1, 0.15) is 42.1 Å². The van der Waals surface area contributed by atoms with Crippen molar-refractivity contribution in [3.05, 3.63) is 102 Å². The summed E-state index contributed by atoms with van der Waals surface area (Å²) in [5.74, 6) is -0.442. The van der Waals surface area contributed by atoms with E-state index in [0.717, 1.165) is 22.3 Å². The van der Waals surface area contributed by atoms with Crippen LogP contribution in [0.5, 0.6) is 0 Å². The lowest BCUT2D eigenvalue weighted by Crippen LogP contribution is -2.39. The molecule has 3 aromatic rings. The Morgan fingerprint density at radius 2 is 1.68 bits per heavy atom. The van der Waals surface area contributed by atoms with Gasteiger partial charge in [0.2, 0.25) is 0 Å². The zero-order valence-electron chi connectivity index (χ0n) is 18.0. The fourth-order valence-corrected chi connectivity index (χ4v) is 4.72. The number of fused-ring (bicyclic) bond motifs is 1. The monoisotopic (exact) mass is 432 g/mol. The van der Waals surface area contributed by atoms with Gasteiger partial charge in [-0.3, -0.25) is 9.36 Å². The van der Waals surface area contributed by atoms with E-state index in [4.69, 9.17) is 4.74 Å². The third-order valence-electron chi connectivity index (χ3n) is 5.29. The standard InChI is InChI=1S/C25H24N2O3S/c1-5-30-24(29)21-17(4)26-25-27(22(21)19-12-8-16(3)9-13-19)23(28)20(31-25)14-18-10-6-15(2)7-11-18/h6-14,22H,5H2,1-4H3/t22-/m1/s1. The van der Waals surface area contributed by atoms with E-state index in [2.05, 4.69) is 4.99 Å². The molecule has 0 amide bonds. The van der Waals surface area contributed by atoms with Gasteiger partial charge in [-0.15, -0.1) is 0 Å². The van der Waals surface area contributed by atoms with Crippen molar-refractivity contribution >= 4 is 23.4 Å². The summed E-state index contributed by atoms with van der Waals surface area (Å²) in [6.07, 6.45) is 1.87. The van der Waals surface area contributed by atoms with E-state index in [0.29, 0.717) is 20.6 Å². The Morgan fingerprint density at radius 3 is 2.29 bits per heavy atom. The van der Waals surface area contributed by atoms with Gasteiger partial charge in [0.25, 0.3) is 5.56 Å². The van der Waals surface area contributed by atoms with Gasteiger partial charge in [-0.25, -0.2) is 9.79 Å². The number of hydrogen-bond donors (Lipinski definition) is 0. The number of nitrogens with zero attached hydrogens (tertiary/aromatic N) is 2. The lowest BCUT2D eigenvalue weighted by Gasteiger charge is -2.24. The van der Waals surface area contributed by atoms with Crippen LogP contribution >= 0.6 is 11.3 Å². The number of aryl methyl sites for hydroxylation is 2. The highest BCUT2D eigenvalue weighted by Crippen LogP contribution is 2.30. The van der Waals surface area contributed by atoms with E-state index >= 15 is 0 Å². The summed E-state index contributed by atoms with van der Waals surface area (Å²) in [6.45, 7) is 7.85. The van der Waals surface area contributed by atoms with Gasteiger partial charge < -0.3 is 4.74 Å². The van der Waals surface area contributed by atoms with Crippen LogP contribution in [-0.2, 0) is 9.53 Å². The van der Waals surface area contributed by atoms with E-state index in [9.17, 15) is 9.59 Å². The Balaban J connectivity index is 1.94. The number of thiazole rings is 1. The van der Waals surface area contributed by atoms with Crippen LogP contribution in [0.4, 0.5) is 0 Å². The van der Waals surface area contributed by atoms with Crippen molar-refractivity contribution in [1.29, 1.82) is 0 Å². The van der Waals surface area contributed by atoms with Crippen LogP contribution in [0.15, 0.2) is 69.6 Å². The average Bonchev–Trinajstić information content (AvgIpc) is 3.04. The number of aromatic nitrogens is 1. The molecular weight excluding hydrogens is 408 g/mol. The maximum absolute atomic E-state index is 13.5. The van der Waals surface area contributed by atoms with Crippen molar-refractivity contribution in [2.45, 2.75) is 33.7 Å². The Bertz CT molecular complexity index is 1340. The number of benzene rings is 2. The maximum atomic E-state index is 13.5. The van der Waals surface area contributed by atoms with Crippen LogP contribution in [0.3, 0.4) is 0 Å². The van der Waals surface area contributed by atoms with Gasteiger partial charge in [-0.1, -0.05) is 71.0 Å². The molecule has 0 unspecified atom stereocenters. The predicted molar refractivity (Wildman–Crippen MR) is 123 cm³/mol. The molecule has 5 nitrogen and oxygen atoms in total. The van der Waals surface area contributed by atoms with E-state index < -0.39 is 12.0 Å². The largest absolute Gasteiger partial charge is 0.463 e. The minimum Gasteiger partial charge on any atom is -0.463 e. The quantitative estimate of drug-likeness (QED) is 0.594. The first-order chi connectivity index (χ1) is 14.9. The highest BCUT2D eigenvalue weighted by molar-refractivity contribution is 7.07. The number of carbonyl (C=O) groups is 1. The molecule has 0 spiro atoms. The van der Waals surface area contributed by atoms with Crippen LogP contribution in [0, 0.1) is 13.8 Å². The Hall–Kier alpha value is -3.25. The maximum Gasteiger partial charge on any atom is 0.338 e. The van der Waals surface area contributed by atoms with Gasteiger partial charge in [0.15, 0.2) is 4.80 Å². The first kappa shape index (κ1) is 21.0. The number of hydrogen-bond acceptors (Lipinski definition) is 5. The van der Waals surface area contributed by atoms with Crippen LogP contribution in [0.25, 0.3) is 6.08 Å². The third-order valence-corrected chi connectivity index (χ3v) is 6.27. The molecule has 1 aliphatic rings. The van der Waals surface area contributed by atoms with Gasteiger partial charge in [0, 0.05) is 0 Å². The molecule has 2 aromatic carbocycles. The second-order valence-electron chi connectivity index (χ2n) is 7.62. The van der Waals surface area contributed by atoms with Gasteiger partial charge in [-0.05, 0) is 44.9 Å². The summed E-state index contributed by atoms with van der Waals surface area (Å²) in [4.78, 5) is 31.5. The summed E-state index contributed by atoms with van der Waals surface area (Å²) in [5.41, 5.74) is 4.88. The Kier molecular flexibility index (Phi) is 5.74. The van der Waals surface area contributed by atoms with E-state index in [1.54, 1.807) is 18.4 Å². The molecule has 0 fully saturated rings. The van der Waals surface area contributed by atoms with Crippen LogP contribution < -0.4 is 14.9 Å². The molecule has 1 aromatic heterocycles. The molecule has 0 aliphatic carbocycles. The topological polar surface area (TPSA) is 60.7 Å². The molecule has 0 radical (unpaired) electrons. The molecule has 0 saturated carbocycles. The molecule has 2 heterocycles. The molecule has 31 heavy (non-hydrogen) atoms. The van der Waals surface area contributed by atoms with E-state index in [1.807, 2.05) is 68.5 Å². The van der Waals surface area contributed by atoms with Crippen molar-refractivity contribution in [2.24, 2.45) is 4.99 Å². The van der Waals surface area contributed by atoms with Crippen molar-refractivity contribution in [2.75, 3.05) is 6.61 Å². The zero-order chi connectivity index (χ0) is 22.1. The number of esters is 1. The summed E-state index contributed by atoms with van der Waals surface area (Å²) >= 11 is 1.34. The minimum absolute atomic E-state index is 0.163.